The Balaban J connectivity index is 1.72. The maximum Gasteiger partial charge on any atom is 0.271 e. The van der Waals surface area contributed by atoms with Crippen molar-refractivity contribution in [1.29, 1.82) is 0 Å². The van der Waals surface area contributed by atoms with E-state index in [2.05, 4.69) is 32.6 Å². The molecule has 0 spiro atoms. The molecule has 2 aliphatic rings. The second-order valence-corrected chi connectivity index (χ2v) is 5.22. The zero-order chi connectivity index (χ0) is 13.2. The first-order chi connectivity index (χ1) is 9.28. The first-order valence-electron chi connectivity index (χ1n) is 6.73. The summed E-state index contributed by atoms with van der Waals surface area (Å²) < 4.78 is 0. The number of fused-ring (bicyclic) bond motifs is 1. The Morgan fingerprint density at radius 3 is 2.42 bits per heavy atom. The first-order valence-corrected chi connectivity index (χ1v) is 6.73. The van der Waals surface area contributed by atoms with Crippen molar-refractivity contribution in [3.05, 3.63) is 30.0 Å². The molecule has 100 valence electrons. The third-order valence-electron chi connectivity index (χ3n) is 4.05. The van der Waals surface area contributed by atoms with Gasteiger partial charge in [0, 0.05) is 20.1 Å². The van der Waals surface area contributed by atoms with E-state index in [0.717, 1.165) is 30.7 Å². The van der Waals surface area contributed by atoms with E-state index in [-0.39, 0.29) is 5.91 Å². The average Bonchev–Trinajstić information content (AvgIpc) is 2.90. The number of aromatic nitrogens is 2. The molecule has 0 bridgehead atoms. The summed E-state index contributed by atoms with van der Waals surface area (Å²) in [6, 6.07) is 3.63. The molecule has 1 aliphatic carbocycles. The first kappa shape index (κ1) is 12.1. The molecule has 2 atom stereocenters. The lowest BCUT2D eigenvalue weighted by atomic mass is 9.86. The molecule has 1 N–H and O–H groups in total. The summed E-state index contributed by atoms with van der Waals surface area (Å²) in [6.07, 6.45) is 6.91. The van der Waals surface area contributed by atoms with Gasteiger partial charge in [-0.25, -0.2) is 0 Å². The van der Waals surface area contributed by atoms with Crippen molar-refractivity contribution >= 4 is 11.7 Å². The molecule has 0 aromatic carbocycles. The maximum absolute atomic E-state index is 11.4. The third-order valence-corrected chi connectivity index (χ3v) is 4.05. The van der Waals surface area contributed by atoms with Gasteiger partial charge >= 0.3 is 0 Å². The summed E-state index contributed by atoms with van der Waals surface area (Å²) in [4.78, 5) is 13.7. The highest BCUT2D eigenvalue weighted by atomic mass is 16.1. The van der Waals surface area contributed by atoms with Gasteiger partial charge in [-0.2, -0.15) is 0 Å². The lowest BCUT2D eigenvalue weighted by molar-refractivity contribution is 0.0957. The number of amides is 1. The van der Waals surface area contributed by atoms with E-state index < -0.39 is 0 Å². The number of nitrogens with one attached hydrogen (secondary N) is 1. The van der Waals surface area contributed by atoms with Gasteiger partial charge in [0.2, 0.25) is 0 Å². The quantitative estimate of drug-likeness (QED) is 0.811. The van der Waals surface area contributed by atoms with Gasteiger partial charge in [-0.05, 0) is 36.8 Å². The minimum absolute atomic E-state index is 0.196. The number of hydrogen-bond acceptors (Lipinski definition) is 4. The molecule has 5 nitrogen and oxygen atoms in total. The molecule has 0 radical (unpaired) electrons. The van der Waals surface area contributed by atoms with Crippen LogP contribution in [-0.4, -0.2) is 36.2 Å². The summed E-state index contributed by atoms with van der Waals surface area (Å²) in [6.45, 7) is 2.09. The number of anilines is 1. The third kappa shape index (κ3) is 2.32. The topological polar surface area (TPSA) is 58.1 Å². The van der Waals surface area contributed by atoms with Crippen LogP contribution < -0.4 is 10.2 Å². The van der Waals surface area contributed by atoms with Crippen molar-refractivity contribution in [3.8, 4) is 0 Å². The molecular weight excluding hydrogens is 240 g/mol. The van der Waals surface area contributed by atoms with Gasteiger partial charge in [0.15, 0.2) is 11.5 Å². The maximum atomic E-state index is 11.4. The molecule has 1 amide bonds. The zero-order valence-corrected chi connectivity index (χ0v) is 11.0. The second-order valence-electron chi connectivity index (χ2n) is 5.22. The molecule has 1 aromatic heterocycles. The summed E-state index contributed by atoms with van der Waals surface area (Å²) in [5, 5.41) is 10.7. The number of carbonyl (C=O) groups excluding carboxylic acids is 1. The SMILES string of the molecule is CNC(=O)c1ccc(N2C[C@@H]3CC=CC[C@H]3C2)nn1. The van der Waals surface area contributed by atoms with Crippen LogP contribution in [0.1, 0.15) is 23.3 Å². The van der Waals surface area contributed by atoms with Crippen molar-refractivity contribution in [2.45, 2.75) is 12.8 Å². The van der Waals surface area contributed by atoms with Crippen LogP contribution in [0.3, 0.4) is 0 Å². The van der Waals surface area contributed by atoms with Gasteiger partial charge < -0.3 is 10.2 Å². The Morgan fingerprint density at radius 1 is 1.21 bits per heavy atom. The Morgan fingerprint density at radius 2 is 1.89 bits per heavy atom. The largest absolute Gasteiger partial charge is 0.355 e. The van der Waals surface area contributed by atoms with Crippen LogP contribution in [0.2, 0.25) is 0 Å². The van der Waals surface area contributed by atoms with Crippen molar-refractivity contribution in [1.82, 2.24) is 15.5 Å². The lowest BCUT2D eigenvalue weighted by Crippen LogP contribution is -2.23. The molecule has 1 aliphatic heterocycles. The zero-order valence-electron chi connectivity index (χ0n) is 11.0. The summed E-state index contributed by atoms with van der Waals surface area (Å²) in [5.41, 5.74) is 0.365. The number of rotatable bonds is 2. The van der Waals surface area contributed by atoms with Crippen LogP contribution >= 0.6 is 0 Å². The fourth-order valence-corrected chi connectivity index (χ4v) is 2.94. The Kier molecular flexibility index (Phi) is 3.19. The molecule has 1 fully saturated rings. The Labute approximate surface area is 112 Å². The van der Waals surface area contributed by atoms with Gasteiger partial charge in [-0.15, -0.1) is 10.2 Å². The van der Waals surface area contributed by atoms with E-state index in [1.165, 1.54) is 12.8 Å². The average molecular weight is 258 g/mol. The molecule has 0 unspecified atom stereocenters. The van der Waals surface area contributed by atoms with E-state index in [1.807, 2.05) is 6.07 Å². The smallest absolute Gasteiger partial charge is 0.271 e. The van der Waals surface area contributed by atoms with Gasteiger partial charge in [-0.1, -0.05) is 12.2 Å². The normalized spacial score (nSPS) is 25.2. The van der Waals surface area contributed by atoms with Crippen LogP contribution in [0.15, 0.2) is 24.3 Å². The van der Waals surface area contributed by atoms with Crippen LogP contribution in [0.25, 0.3) is 0 Å². The van der Waals surface area contributed by atoms with E-state index in [1.54, 1.807) is 13.1 Å². The molecule has 19 heavy (non-hydrogen) atoms. The highest BCUT2D eigenvalue weighted by Crippen LogP contribution is 2.34. The van der Waals surface area contributed by atoms with E-state index in [0.29, 0.717) is 5.69 Å². The minimum Gasteiger partial charge on any atom is -0.355 e. The molecule has 5 heteroatoms. The second kappa shape index (κ2) is 4.99. The van der Waals surface area contributed by atoms with Crippen LogP contribution in [0.4, 0.5) is 5.82 Å². The van der Waals surface area contributed by atoms with Gasteiger partial charge in [0.1, 0.15) is 0 Å². The predicted molar refractivity (Wildman–Crippen MR) is 73.0 cm³/mol. The van der Waals surface area contributed by atoms with Gasteiger partial charge in [0.25, 0.3) is 5.91 Å². The summed E-state index contributed by atoms with van der Waals surface area (Å²) in [7, 11) is 1.59. The Hall–Kier alpha value is -1.91. The molecular formula is C14H18N4O. The summed E-state index contributed by atoms with van der Waals surface area (Å²) in [5.74, 6) is 2.16. The molecule has 1 saturated heterocycles. The van der Waals surface area contributed by atoms with Crippen LogP contribution in [0, 0.1) is 11.8 Å². The standard InChI is InChI=1S/C14H18N4O/c1-15-14(19)12-6-7-13(17-16-12)18-8-10-4-2-3-5-11(10)9-18/h2-3,6-7,10-11H,4-5,8-9H2,1H3,(H,15,19)/t10-,11-/m0/s1. The fourth-order valence-electron chi connectivity index (χ4n) is 2.94. The van der Waals surface area contributed by atoms with Crippen molar-refractivity contribution in [3.63, 3.8) is 0 Å². The van der Waals surface area contributed by atoms with Crippen LogP contribution in [0.5, 0.6) is 0 Å². The molecule has 3 rings (SSSR count). The van der Waals surface area contributed by atoms with Gasteiger partial charge in [-0.3, -0.25) is 4.79 Å². The Bertz CT molecular complexity index is 481. The fraction of sp³-hybridized carbons (Fsp3) is 0.500. The van der Waals surface area contributed by atoms with E-state index in [9.17, 15) is 4.79 Å². The number of allylic oxidation sites excluding steroid dienone is 2. The van der Waals surface area contributed by atoms with Crippen molar-refractivity contribution in [2.24, 2.45) is 11.8 Å². The lowest BCUT2D eigenvalue weighted by Gasteiger charge is -2.17. The van der Waals surface area contributed by atoms with E-state index >= 15 is 0 Å². The predicted octanol–water partition coefficient (Wildman–Crippen LogP) is 1.24. The molecule has 2 heterocycles. The molecule has 1 aromatic rings. The monoisotopic (exact) mass is 258 g/mol. The van der Waals surface area contributed by atoms with Crippen LogP contribution in [-0.2, 0) is 0 Å². The van der Waals surface area contributed by atoms with Gasteiger partial charge in [0.05, 0.1) is 0 Å². The van der Waals surface area contributed by atoms with Crippen molar-refractivity contribution in [2.75, 3.05) is 25.0 Å². The highest BCUT2D eigenvalue weighted by Gasteiger charge is 2.33. The molecule has 0 saturated carbocycles. The number of carbonyl (C=O) groups is 1. The highest BCUT2D eigenvalue weighted by molar-refractivity contribution is 5.91. The van der Waals surface area contributed by atoms with Crippen molar-refractivity contribution < 1.29 is 4.79 Å². The number of hydrogen-bond donors (Lipinski definition) is 1. The minimum atomic E-state index is -0.196. The summed E-state index contributed by atoms with van der Waals surface area (Å²) >= 11 is 0. The number of nitrogens with zero attached hydrogens (tertiary/aromatic N) is 3. The van der Waals surface area contributed by atoms with E-state index in [4.69, 9.17) is 0 Å².